The Kier molecular flexibility index (Phi) is 1.27. The Balaban J connectivity index is 2.54. The summed E-state index contributed by atoms with van der Waals surface area (Å²) in [4.78, 5) is 10.3. The van der Waals surface area contributed by atoms with Crippen molar-refractivity contribution in [1.29, 1.82) is 0 Å². The summed E-state index contributed by atoms with van der Waals surface area (Å²) in [6.07, 6.45) is 2.70. The van der Waals surface area contributed by atoms with Crippen LogP contribution in [0.2, 0.25) is 0 Å². The van der Waals surface area contributed by atoms with E-state index in [1.165, 1.54) is 12.4 Å². The van der Waals surface area contributed by atoms with Gasteiger partial charge in [-0.05, 0) is 0 Å². The molecule has 0 aromatic heterocycles. The highest BCUT2D eigenvalue weighted by molar-refractivity contribution is 5.78. The third kappa shape index (κ3) is 1.05. The van der Waals surface area contributed by atoms with Crippen LogP contribution in [0.5, 0.6) is 0 Å². The Hall–Kier alpha value is -0.870. The van der Waals surface area contributed by atoms with Crippen LogP contribution in [-0.4, -0.2) is 12.5 Å². The van der Waals surface area contributed by atoms with Gasteiger partial charge in [0.25, 0.3) is 5.91 Å². The average Bonchev–Trinajstić information content (AvgIpc) is 1.64. The first-order valence-corrected chi connectivity index (χ1v) is 2.28. The normalized spacial score (nSPS) is 27.6. The molecule has 1 unspecified atom stereocenters. The molecule has 4 nitrogen and oxygen atoms in total. The second-order valence-electron chi connectivity index (χ2n) is 1.54. The fourth-order valence-corrected chi connectivity index (χ4v) is 0.496. The van der Waals surface area contributed by atoms with Gasteiger partial charge < -0.3 is 15.6 Å². The molecular formula is C4H6N2O2. The minimum Gasteiger partial charge on any atom is -0.629 e. The summed E-state index contributed by atoms with van der Waals surface area (Å²) in [6, 6.07) is 0. The molecular weight excluding hydrogens is 108 g/mol. The zero-order chi connectivity index (χ0) is 5.98. The quantitative estimate of drug-likeness (QED) is 0.357. The molecule has 0 fully saturated rings. The van der Waals surface area contributed by atoms with Gasteiger partial charge in [0.15, 0.2) is 6.54 Å². The summed E-state index contributed by atoms with van der Waals surface area (Å²) in [7, 11) is 0. The highest BCUT2D eigenvalue weighted by Gasteiger charge is 2.06. The molecule has 0 radical (unpaired) electrons. The zero-order valence-electron chi connectivity index (χ0n) is 4.18. The van der Waals surface area contributed by atoms with E-state index < -0.39 is 0 Å². The Bertz CT molecular complexity index is 132. The lowest BCUT2D eigenvalue weighted by Crippen LogP contribution is -3.04. The maximum atomic E-state index is 10.3. The molecule has 0 spiro atoms. The first-order valence-electron chi connectivity index (χ1n) is 2.28. The molecule has 1 rings (SSSR count). The van der Waals surface area contributed by atoms with Crippen molar-refractivity contribution < 1.29 is 9.86 Å². The molecule has 1 atom stereocenters. The van der Waals surface area contributed by atoms with Crippen molar-refractivity contribution in [2.24, 2.45) is 0 Å². The van der Waals surface area contributed by atoms with Crippen molar-refractivity contribution in [3.05, 3.63) is 17.6 Å². The molecule has 0 aromatic carbocycles. The van der Waals surface area contributed by atoms with Crippen LogP contribution >= 0.6 is 0 Å². The maximum Gasteiger partial charge on any atom is 0.279 e. The molecule has 0 aromatic rings. The van der Waals surface area contributed by atoms with Crippen molar-refractivity contribution in [2.45, 2.75) is 0 Å². The summed E-state index contributed by atoms with van der Waals surface area (Å²) < 4.78 is 0. The van der Waals surface area contributed by atoms with E-state index in [9.17, 15) is 10.0 Å². The van der Waals surface area contributed by atoms with Gasteiger partial charge in [-0.25, -0.2) is 0 Å². The Morgan fingerprint density at radius 3 is 3.00 bits per heavy atom. The summed E-state index contributed by atoms with van der Waals surface area (Å²) in [5.41, 5.74) is 0. The van der Waals surface area contributed by atoms with E-state index in [1.807, 2.05) is 0 Å². The van der Waals surface area contributed by atoms with Crippen LogP contribution < -0.4 is 10.4 Å². The topological polar surface area (TPSA) is 56.6 Å². The van der Waals surface area contributed by atoms with Crippen molar-refractivity contribution in [1.82, 2.24) is 5.32 Å². The molecule has 2 N–H and O–H groups in total. The van der Waals surface area contributed by atoms with Gasteiger partial charge in [-0.1, -0.05) is 0 Å². The van der Waals surface area contributed by atoms with E-state index in [-0.39, 0.29) is 17.5 Å². The van der Waals surface area contributed by atoms with Crippen LogP contribution in [0, 0.1) is 5.21 Å². The third-order valence-electron chi connectivity index (χ3n) is 0.848. The van der Waals surface area contributed by atoms with Crippen LogP contribution in [-0.2, 0) is 4.79 Å². The lowest BCUT2D eigenvalue weighted by Gasteiger charge is -2.18. The Morgan fingerprint density at radius 2 is 2.62 bits per heavy atom. The highest BCUT2D eigenvalue weighted by Crippen LogP contribution is 1.66. The molecule has 1 amide bonds. The predicted molar refractivity (Wildman–Crippen MR) is 26.5 cm³/mol. The molecule has 0 bridgehead atoms. The first kappa shape index (κ1) is 5.27. The van der Waals surface area contributed by atoms with Gasteiger partial charge in [-0.3, -0.25) is 4.79 Å². The van der Waals surface area contributed by atoms with Crippen LogP contribution in [0.15, 0.2) is 12.4 Å². The lowest BCUT2D eigenvalue weighted by molar-refractivity contribution is -0.783. The van der Waals surface area contributed by atoms with E-state index >= 15 is 0 Å². The number of amides is 1. The van der Waals surface area contributed by atoms with E-state index in [0.717, 1.165) is 0 Å². The number of hydrogen-bond donors (Lipinski definition) is 2. The molecule has 0 aliphatic carbocycles. The van der Waals surface area contributed by atoms with Crippen LogP contribution in [0.25, 0.3) is 0 Å². The smallest absolute Gasteiger partial charge is 0.279 e. The first-order chi connectivity index (χ1) is 3.79. The molecule has 1 aliphatic rings. The van der Waals surface area contributed by atoms with Gasteiger partial charge in [0.05, 0.1) is 6.20 Å². The van der Waals surface area contributed by atoms with Crippen LogP contribution in [0.1, 0.15) is 0 Å². The fraction of sp³-hybridized carbons (Fsp3) is 0.250. The molecule has 0 saturated carbocycles. The number of carbonyl (C=O) groups excluding carboxylic acids is 1. The zero-order valence-corrected chi connectivity index (χ0v) is 4.18. The van der Waals surface area contributed by atoms with E-state index in [2.05, 4.69) is 5.32 Å². The number of rotatable bonds is 0. The van der Waals surface area contributed by atoms with E-state index in [4.69, 9.17) is 0 Å². The summed E-state index contributed by atoms with van der Waals surface area (Å²) in [5.74, 6) is -0.225. The summed E-state index contributed by atoms with van der Waals surface area (Å²) in [5, 5.41) is 12.6. The number of nitrogens with one attached hydrogen (secondary N) is 2. The molecule has 44 valence electrons. The van der Waals surface area contributed by atoms with Crippen LogP contribution in [0.4, 0.5) is 0 Å². The number of carbonyl (C=O) groups is 1. The van der Waals surface area contributed by atoms with Crippen molar-refractivity contribution >= 4 is 5.91 Å². The number of hydrogen-bond acceptors (Lipinski definition) is 2. The largest absolute Gasteiger partial charge is 0.629 e. The molecule has 1 aliphatic heterocycles. The lowest BCUT2D eigenvalue weighted by atomic mass is 10.5. The van der Waals surface area contributed by atoms with Crippen LogP contribution in [0.3, 0.4) is 0 Å². The minimum atomic E-state index is -0.225. The van der Waals surface area contributed by atoms with Gasteiger partial charge in [-0.15, -0.1) is 0 Å². The second kappa shape index (κ2) is 1.94. The predicted octanol–water partition coefficient (Wildman–Crippen LogP) is -2.03. The third-order valence-corrected chi connectivity index (χ3v) is 0.848. The maximum absolute atomic E-state index is 10.3. The van der Waals surface area contributed by atoms with Gasteiger partial charge in [0.2, 0.25) is 0 Å². The van der Waals surface area contributed by atoms with Gasteiger partial charge >= 0.3 is 0 Å². The van der Waals surface area contributed by atoms with Crippen molar-refractivity contribution in [3.8, 4) is 0 Å². The van der Waals surface area contributed by atoms with Gasteiger partial charge in [-0.2, -0.15) is 0 Å². The molecule has 8 heavy (non-hydrogen) atoms. The Morgan fingerprint density at radius 1 is 1.88 bits per heavy atom. The monoisotopic (exact) mass is 114 g/mol. The minimum absolute atomic E-state index is 0.00347. The standard InChI is InChI=1S/C4H6N2O2/c7-4-3-6(8)2-1-5-4/h1-2,6H,3H2,(H,5,7). The molecule has 1 heterocycles. The molecule has 4 heteroatoms. The van der Waals surface area contributed by atoms with E-state index in [1.54, 1.807) is 0 Å². The Labute approximate surface area is 46.4 Å². The summed E-state index contributed by atoms with van der Waals surface area (Å²) in [6.45, 7) is -0.00347. The van der Waals surface area contributed by atoms with Crippen molar-refractivity contribution in [2.75, 3.05) is 6.54 Å². The van der Waals surface area contributed by atoms with Gasteiger partial charge in [0, 0.05) is 0 Å². The summed E-state index contributed by atoms with van der Waals surface area (Å²) >= 11 is 0. The second-order valence-corrected chi connectivity index (χ2v) is 1.54. The number of quaternary nitrogens is 1. The van der Waals surface area contributed by atoms with Gasteiger partial charge in [0.1, 0.15) is 6.20 Å². The van der Waals surface area contributed by atoms with Crippen molar-refractivity contribution in [3.63, 3.8) is 0 Å². The number of hydroxylamine groups is 2. The average molecular weight is 114 g/mol. The van der Waals surface area contributed by atoms with E-state index in [0.29, 0.717) is 0 Å². The molecule has 0 saturated heterocycles. The fourth-order valence-electron chi connectivity index (χ4n) is 0.496. The SMILES string of the molecule is O=C1C[NH+]([O-])C=CN1. The highest BCUT2D eigenvalue weighted by atomic mass is 16.5.